The van der Waals surface area contributed by atoms with Gasteiger partial charge in [0.05, 0.1) is 10.5 Å². The van der Waals surface area contributed by atoms with Gasteiger partial charge < -0.3 is 9.64 Å². The second kappa shape index (κ2) is 4.88. The molecule has 2 atom stereocenters. The molecule has 108 valence electrons. The molecule has 0 radical (unpaired) electrons. The standard InChI is InChI=1S/C13H10N2O5S/c1-14-9(6-15(18)19)21-11(12(14)16)10-7-4-2-3-5-8(7)13(17)20-10/h2-6,10-11H,1H3/b9-6-. The fraction of sp³-hybridized carbons (Fsp3) is 0.231. The van der Waals surface area contributed by atoms with Crippen molar-refractivity contribution in [1.82, 2.24) is 4.90 Å². The van der Waals surface area contributed by atoms with Crippen molar-refractivity contribution in [2.24, 2.45) is 0 Å². The van der Waals surface area contributed by atoms with E-state index in [1.54, 1.807) is 24.3 Å². The van der Waals surface area contributed by atoms with Crippen molar-refractivity contribution in [1.29, 1.82) is 0 Å². The number of thioether (sulfide) groups is 1. The fourth-order valence-electron chi connectivity index (χ4n) is 2.36. The van der Waals surface area contributed by atoms with Gasteiger partial charge in [0, 0.05) is 12.6 Å². The van der Waals surface area contributed by atoms with Crippen LogP contribution in [0.15, 0.2) is 35.5 Å². The smallest absolute Gasteiger partial charge is 0.339 e. The van der Waals surface area contributed by atoms with Crippen molar-refractivity contribution in [3.8, 4) is 0 Å². The van der Waals surface area contributed by atoms with Crippen LogP contribution in [0.1, 0.15) is 22.0 Å². The quantitative estimate of drug-likeness (QED) is 0.468. The monoisotopic (exact) mass is 306 g/mol. The van der Waals surface area contributed by atoms with Gasteiger partial charge in [0.2, 0.25) is 5.91 Å². The van der Waals surface area contributed by atoms with Crippen LogP contribution in [0.4, 0.5) is 0 Å². The zero-order valence-electron chi connectivity index (χ0n) is 10.9. The Hall–Kier alpha value is -2.35. The van der Waals surface area contributed by atoms with Gasteiger partial charge in [-0.1, -0.05) is 30.0 Å². The van der Waals surface area contributed by atoms with Gasteiger partial charge in [0.25, 0.3) is 6.20 Å². The topological polar surface area (TPSA) is 89.8 Å². The average molecular weight is 306 g/mol. The molecule has 2 aliphatic heterocycles. The molecule has 0 aromatic heterocycles. The van der Waals surface area contributed by atoms with Crippen molar-refractivity contribution in [3.63, 3.8) is 0 Å². The molecule has 2 aliphatic rings. The highest BCUT2D eigenvalue weighted by Crippen LogP contribution is 2.45. The maximum absolute atomic E-state index is 12.3. The number of fused-ring (bicyclic) bond motifs is 1. The summed E-state index contributed by atoms with van der Waals surface area (Å²) < 4.78 is 5.28. The number of hydrogen-bond acceptors (Lipinski definition) is 6. The second-order valence-corrected chi connectivity index (χ2v) is 5.76. The molecule has 0 saturated carbocycles. The summed E-state index contributed by atoms with van der Waals surface area (Å²) in [6.07, 6.45) is 0.0666. The van der Waals surface area contributed by atoms with E-state index < -0.39 is 22.2 Å². The Morgan fingerprint density at radius 3 is 2.81 bits per heavy atom. The van der Waals surface area contributed by atoms with E-state index in [1.165, 1.54) is 11.9 Å². The van der Waals surface area contributed by atoms with Gasteiger partial charge >= 0.3 is 5.97 Å². The van der Waals surface area contributed by atoms with E-state index in [1.807, 2.05) is 0 Å². The maximum Gasteiger partial charge on any atom is 0.339 e. The first-order valence-corrected chi connectivity index (χ1v) is 6.96. The third-order valence-corrected chi connectivity index (χ3v) is 4.69. The minimum absolute atomic E-state index is 0.232. The van der Waals surface area contributed by atoms with Gasteiger partial charge in [-0.2, -0.15) is 0 Å². The molecule has 1 saturated heterocycles. The molecule has 3 rings (SSSR count). The van der Waals surface area contributed by atoms with Crippen molar-refractivity contribution in [2.45, 2.75) is 11.4 Å². The number of amides is 1. The molecule has 1 aromatic carbocycles. The van der Waals surface area contributed by atoms with E-state index in [2.05, 4.69) is 0 Å². The van der Waals surface area contributed by atoms with Crippen LogP contribution in [0.3, 0.4) is 0 Å². The summed E-state index contributed by atoms with van der Waals surface area (Å²) >= 11 is 1.04. The molecule has 0 spiro atoms. The number of ether oxygens (including phenoxy) is 1. The minimum Gasteiger partial charge on any atom is -0.452 e. The van der Waals surface area contributed by atoms with Crippen LogP contribution in [-0.2, 0) is 9.53 Å². The Labute approximate surface area is 123 Å². The normalized spacial score (nSPS) is 26.1. The minimum atomic E-state index is -0.716. The van der Waals surface area contributed by atoms with Crippen LogP contribution in [0.25, 0.3) is 0 Å². The highest BCUT2D eigenvalue weighted by atomic mass is 32.2. The molecule has 1 fully saturated rings. The van der Waals surface area contributed by atoms with E-state index in [0.717, 1.165) is 18.0 Å². The lowest BCUT2D eigenvalue weighted by Crippen LogP contribution is -2.29. The van der Waals surface area contributed by atoms with Crippen LogP contribution >= 0.6 is 11.8 Å². The number of nitrogens with zero attached hydrogens (tertiary/aromatic N) is 2. The molecule has 2 unspecified atom stereocenters. The van der Waals surface area contributed by atoms with Gasteiger partial charge in [0.15, 0.2) is 0 Å². The Kier molecular flexibility index (Phi) is 3.17. The van der Waals surface area contributed by atoms with E-state index >= 15 is 0 Å². The molecule has 8 heteroatoms. The number of carbonyl (C=O) groups excluding carboxylic acids is 2. The Morgan fingerprint density at radius 1 is 1.38 bits per heavy atom. The molecule has 0 N–H and O–H groups in total. The van der Waals surface area contributed by atoms with Gasteiger partial charge in [-0.25, -0.2) is 4.79 Å². The summed E-state index contributed by atoms with van der Waals surface area (Å²) in [5, 5.41) is 10.1. The zero-order chi connectivity index (χ0) is 15.1. The summed E-state index contributed by atoms with van der Waals surface area (Å²) in [6, 6.07) is 6.85. The predicted molar refractivity (Wildman–Crippen MR) is 73.8 cm³/mol. The molecule has 1 aromatic rings. The van der Waals surface area contributed by atoms with Crippen molar-refractivity contribution >= 4 is 23.6 Å². The number of nitro groups is 1. The number of hydrogen-bond donors (Lipinski definition) is 0. The number of rotatable bonds is 2. The van der Waals surface area contributed by atoms with Crippen molar-refractivity contribution in [2.75, 3.05) is 7.05 Å². The van der Waals surface area contributed by atoms with E-state index in [9.17, 15) is 19.7 Å². The average Bonchev–Trinajstić information content (AvgIpc) is 2.91. The van der Waals surface area contributed by atoms with Crippen LogP contribution in [0.5, 0.6) is 0 Å². The van der Waals surface area contributed by atoms with Crippen LogP contribution < -0.4 is 0 Å². The highest BCUT2D eigenvalue weighted by Gasteiger charge is 2.47. The van der Waals surface area contributed by atoms with Gasteiger partial charge in [0.1, 0.15) is 16.4 Å². The molecular formula is C13H10N2O5S. The SMILES string of the molecule is CN1C(=O)C(C2OC(=O)c3ccccc32)S/C1=C\[N+](=O)[O-]. The molecule has 7 nitrogen and oxygen atoms in total. The lowest BCUT2D eigenvalue weighted by molar-refractivity contribution is -0.403. The highest BCUT2D eigenvalue weighted by molar-refractivity contribution is 8.04. The van der Waals surface area contributed by atoms with Gasteiger partial charge in [-0.3, -0.25) is 14.9 Å². The number of benzene rings is 1. The Morgan fingerprint density at radius 2 is 2.10 bits per heavy atom. The third-order valence-electron chi connectivity index (χ3n) is 3.36. The van der Waals surface area contributed by atoms with Crippen molar-refractivity contribution in [3.05, 3.63) is 56.7 Å². The maximum atomic E-state index is 12.3. The molecule has 2 heterocycles. The summed E-state index contributed by atoms with van der Waals surface area (Å²) in [6.45, 7) is 0. The first-order chi connectivity index (χ1) is 9.99. The van der Waals surface area contributed by atoms with Crippen LogP contribution in [-0.4, -0.2) is 34.0 Å². The predicted octanol–water partition coefficient (Wildman–Crippen LogP) is 1.55. The molecular weight excluding hydrogens is 296 g/mol. The van der Waals surface area contributed by atoms with Gasteiger partial charge in [-0.05, 0) is 6.07 Å². The van der Waals surface area contributed by atoms with Crippen molar-refractivity contribution < 1.29 is 19.2 Å². The lowest BCUT2D eigenvalue weighted by atomic mass is 10.0. The molecule has 1 amide bonds. The second-order valence-electron chi connectivity index (χ2n) is 4.60. The Balaban J connectivity index is 1.95. The molecule has 0 bridgehead atoms. The largest absolute Gasteiger partial charge is 0.452 e. The molecule has 0 aliphatic carbocycles. The summed E-state index contributed by atoms with van der Waals surface area (Å²) in [4.78, 5) is 35.2. The van der Waals surface area contributed by atoms with E-state index in [0.29, 0.717) is 11.1 Å². The number of carbonyl (C=O) groups is 2. The summed E-state index contributed by atoms with van der Waals surface area (Å²) in [5.41, 5.74) is 1.08. The lowest BCUT2D eigenvalue weighted by Gasteiger charge is -2.15. The number of cyclic esters (lactones) is 1. The zero-order valence-corrected chi connectivity index (χ0v) is 11.7. The molecule has 21 heavy (non-hydrogen) atoms. The van der Waals surface area contributed by atoms with Crippen LogP contribution in [0, 0.1) is 10.1 Å². The fourth-order valence-corrected chi connectivity index (χ4v) is 3.60. The first-order valence-electron chi connectivity index (χ1n) is 6.08. The van der Waals surface area contributed by atoms with E-state index in [4.69, 9.17) is 4.74 Å². The van der Waals surface area contributed by atoms with E-state index in [-0.39, 0.29) is 10.9 Å². The third kappa shape index (κ3) is 2.17. The first kappa shape index (κ1) is 13.6. The summed E-state index contributed by atoms with van der Waals surface area (Å²) in [5.74, 6) is -0.791. The van der Waals surface area contributed by atoms with Gasteiger partial charge in [-0.15, -0.1) is 0 Å². The Bertz CT molecular complexity index is 687. The number of esters is 1. The van der Waals surface area contributed by atoms with Crippen LogP contribution in [0.2, 0.25) is 0 Å². The summed E-state index contributed by atoms with van der Waals surface area (Å²) in [7, 11) is 1.47.